The van der Waals surface area contributed by atoms with Gasteiger partial charge >= 0.3 is 0 Å². The van der Waals surface area contributed by atoms with Crippen LogP contribution in [-0.4, -0.2) is 35.8 Å². The standard InChI is InChI=1S/C24H32ClN5O2/c1-14-18-9-15(24(18,2)3)10-19(14)28-20-12-26-30(23(32)22(20)25)13-21(31)27-16-7-6-8-17(11-16)29(4)5/h6-8,11-12,14-15,18-19,28H,9-10,13H2,1-5H3,(H,27,31)/t14-,15+,18-,19-/m1/s1. The number of carbonyl (C=O) groups excluding carboxylic acids is 1. The number of nitrogens with one attached hydrogen (secondary N) is 2. The van der Waals surface area contributed by atoms with Gasteiger partial charge in [0.05, 0.1) is 11.9 Å². The normalized spacial score (nSPS) is 25.6. The highest BCUT2D eigenvalue weighted by atomic mass is 35.5. The first-order valence-corrected chi connectivity index (χ1v) is 11.5. The average Bonchev–Trinajstić information content (AvgIpc) is 2.74. The van der Waals surface area contributed by atoms with Crippen LogP contribution in [0.5, 0.6) is 0 Å². The van der Waals surface area contributed by atoms with Crippen LogP contribution >= 0.6 is 11.6 Å². The van der Waals surface area contributed by atoms with Crippen molar-refractivity contribution in [1.29, 1.82) is 0 Å². The van der Waals surface area contributed by atoms with E-state index in [0.717, 1.165) is 16.8 Å². The van der Waals surface area contributed by atoms with Gasteiger partial charge in [0.1, 0.15) is 11.6 Å². The van der Waals surface area contributed by atoms with E-state index in [1.165, 1.54) is 6.42 Å². The minimum absolute atomic E-state index is 0.0770. The van der Waals surface area contributed by atoms with E-state index in [1.54, 1.807) is 12.3 Å². The maximum Gasteiger partial charge on any atom is 0.288 e. The third kappa shape index (κ3) is 4.10. The Labute approximate surface area is 194 Å². The van der Waals surface area contributed by atoms with Gasteiger partial charge in [0, 0.05) is 31.5 Å². The Morgan fingerprint density at radius 3 is 2.72 bits per heavy atom. The van der Waals surface area contributed by atoms with Gasteiger partial charge in [0.2, 0.25) is 5.91 Å². The molecule has 1 amide bonds. The van der Waals surface area contributed by atoms with Gasteiger partial charge in [0.25, 0.3) is 5.56 Å². The number of halogens is 1. The van der Waals surface area contributed by atoms with Crippen molar-refractivity contribution >= 4 is 34.6 Å². The number of hydrogen-bond acceptors (Lipinski definition) is 5. The molecule has 2 bridgehead atoms. The minimum atomic E-state index is -0.470. The molecule has 0 radical (unpaired) electrons. The number of fused-ring (bicyclic) bond motifs is 2. The van der Waals surface area contributed by atoms with Gasteiger partial charge in [-0.1, -0.05) is 38.4 Å². The SMILES string of the molecule is C[C@@H]1[C@H]2C[C@@H](C[C@H]1Nc1cnn(CC(=O)Nc3cccc(N(C)C)c3)c(=O)c1Cl)C2(C)C. The molecule has 2 N–H and O–H groups in total. The maximum atomic E-state index is 12.8. The number of anilines is 3. The second kappa shape index (κ2) is 8.43. The first-order valence-electron chi connectivity index (χ1n) is 11.2. The van der Waals surface area contributed by atoms with Crippen LogP contribution in [0.1, 0.15) is 33.6 Å². The number of rotatable bonds is 6. The van der Waals surface area contributed by atoms with Gasteiger partial charge in [-0.15, -0.1) is 0 Å². The smallest absolute Gasteiger partial charge is 0.288 e. The number of benzene rings is 1. The van der Waals surface area contributed by atoms with Crippen LogP contribution in [0, 0.1) is 23.2 Å². The molecule has 2 aromatic rings. The summed E-state index contributed by atoms with van der Waals surface area (Å²) in [5.74, 6) is 1.54. The fourth-order valence-corrected chi connectivity index (χ4v) is 5.62. The van der Waals surface area contributed by atoms with Crippen LogP contribution in [0.25, 0.3) is 0 Å². The van der Waals surface area contributed by atoms with E-state index in [2.05, 4.69) is 36.5 Å². The summed E-state index contributed by atoms with van der Waals surface area (Å²) in [6.07, 6.45) is 3.91. The minimum Gasteiger partial charge on any atom is -0.379 e. The summed E-state index contributed by atoms with van der Waals surface area (Å²) in [7, 11) is 3.86. The quantitative estimate of drug-likeness (QED) is 0.683. The van der Waals surface area contributed by atoms with Gasteiger partial charge in [-0.05, 0) is 54.2 Å². The van der Waals surface area contributed by atoms with E-state index < -0.39 is 5.56 Å². The Balaban J connectivity index is 1.42. The number of hydrogen-bond donors (Lipinski definition) is 2. The van der Waals surface area contributed by atoms with Crippen molar-refractivity contribution in [3.8, 4) is 0 Å². The molecule has 4 atom stereocenters. The number of amides is 1. The summed E-state index contributed by atoms with van der Waals surface area (Å²) in [4.78, 5) is 27.2. The van der Waals surface area contributed by atoms with Crippen molar-refractivity contribution in [2.75, 3.05) is 29.6 Å². The molecule has 3 saturated carbocycles. The van der Waals surface area contributed by atoms with E-state index in [-0.39, 0.29) is 23.5 Å². The second-order valence-electron chi connectivity index (χ2n) is 10.0. The first-order chi connectivity index (χ1) is 15.1. The molecule has 3 aliphatic carbocycles. The fraction of sp³-hybridized carbons (Fsp3) is 0.542. The maximum absolute atomic E-state index is 12.8. The summed E-state index contributed by atoms with van der Waals surface area (Å²) in [5.41, 5.74) is 2.09. The molecule has 32 heavy (non-hydrogen) atoms. The summed E-state index contributed by atoms with van der Waals surface area (Å²) in [5, 5.41) is 10.6. The Hall–Kier alpha value is -2.54. The number of aromatic nitrogens is 2. The highest BCUT2D eigenvalue weighted by Crippen LogP contribution is 2.61. The lowest BCUT2D eigenvalue weighted by Crippen LogP contribution is -2.58. The van der Waals surface area contributed by atoms with Crippen LogP contribution in [0.3, 0.4) is 0 Å². The Bertz CT molecular complexity index is 1080. The molecule has 1 aromatic heterocycles. The Kier molecular flexibility index (Phi) is 5.96. The molecule has 172 valence electrons. The third-order valence-corrected chi connectivity index (χ3v) is 7.98. The molecule has 0 unspecified atom stereocenters. The third-order valence-electron chi connectivity index (χ3n) is 7.62. The molecule has 0 saturated heterocycles. The average molecular weight is 458 g/mol. The Morgan fingerprint density at radius 2 is 2.06 bits per heavy atom. The molecule has 3 aliphatic rings. The lowest BCUT2D eigenvalue weighted by molar-refractivity contribution is -0.117. The molecule has 5 rings (SSSR count). The first kappa shape index (κ1) is 22.6. The van der Waals surface area contributed by atoms with E-state index in [0.29, 0.717) is 34.5 Å². The largest absolute Gasteiger partial charge is 0.379 e. The summed E-state index contributed by atoms with van der Waals surface area (Å²) < 4.78 is 1.10. The molecule has 0 spiro atoms. The summed E-state index contributed by atoms with van der Waals surface area (Å²) >= 11 is 6.40. The van der Waals surface area contributed by atoms with Gasteiger partial charge in [0.15, 0.2) is 0 Å². The van der Waals surface area contributed by atoms with Crippen molar-refractivity contribution in [3.63, 3.8) is 0 Å². The van der Waals surface area contributed by atoms with Gasteiger partial charge < -0.3 is 15.5 Å². The van der Waals surface area contributed by atoms with Gasteiger partial charge in [-0.2, -0.15) is 5.10 Å². The van der Waals surface area contributed by atoms with E-state index in [9.17, 15) is 9.59 Å². The topological polar surface area (TPSA) is 79.3 Å². The van der Waals surface area contributed by atoms with Crippen molar-refractivity contribution < 1.29 is 4.79 Å². The number of carbonyl (C=O) groups is 1. The predicted octanol–water partition coefficient (Wildman–Crippen LogP) is 4.08. The predicted molar refractivity (Wildman–Crippen MR) is 129 cm³/mol. The van der Waals surface area contributed by atoms with Gasteiger partial charge in [-0.25, -0.2) is 4.68 Å². The molecule has 1 heterocycles. The van der Waals surface area contributed by atoms with Crippen LogP contribution < -0.4 is 21.1 Å². The zero-order valence-electron chi connectivity index (χ0n) is 19.4. The highest BCUT2D eigenvalue weighted by molar-refractivity contribution is 6.32. The van der Waals surface area contributed by atoms with E-state index in [4.69, 9.17) is 11.6 Å². The van der Waals surface area contributed by atoms with Crippen LogP contribution in [0.15, 0.2) is 35.3 Å². The lowest BCUT2D eigenvalue weighted by Gasteiger charge is -2.62. The fourth-order valence-electron chi connectivity index (χ4n) is 5.42. The highest BCUT2D eigenvalue weighted by Gasteiger charge is 2.56. The van der Waals surface area contributed by atoms with E-state index in [1.807, 2.05) is 37.2 Å². The van der Waals surface area contributed by atoms with Crippen molar-refractivity contribution in [3.05, 3.63) is 45.8 Å². The van der Waals surface area contributed by atoms with Crippen LogP contribution in [0.4, 0.5) is 17.1 Å². The van der Waals surface area contributed by atoms with Crippen molar-refractivity contribution in [2.24, 2.45) is 23.2 Å². The zero-order valence-corrected chi connectivity index (χ0v) is 20.1. The monoisotopic (exact) mass is 457 g/mol. The Morgan fingerprint density at radius 1 is 1.31 bits per heavy atom. The van der Waals surface area contributed by atoms with Gasteiger partial charge in [-0.3, -0.25) is 9.59 Å². The lowest BCUT2D eigenvalue weighted by atomic mass is 9.45. The van der Waals surface area contributed by atoms with Crippen LogP contribution in [0.2, 0.25) is 5.02 Å². The number of nitrogens with zero attached hydrogens (tertiary/aromatic N) is 3. The molecule has 8 heteroatoms. The molecule has 0 aliphatic heterocycles. The van der Waals surface area contributed by atoms with Crippen LogP contribution in [-0.2, 0) is 11.3 Å². The molecular weight excluding hydrogens is 426 g/mol. The van der Waals surface area contributed by atoms with Crippen molar-refractivity contribution in [2.45, 2.75) is 46.2 Å². The molecule has 1 aromatic carbocycles. The van der Waals surface area contributed by atoms with E-state index >= 15 is 0 Å². The molecule has 3 fully saturated rings. The van der Waals surface area contributed by atoms with Crippen molar-refractivity contribution in [1.82, 2.24) is 9.78 Å². The summed E-state index contributed by atoms with van der Waals surface area (Å²) in [6.45, 7) is 6.78. The summed E-state index contributed by atoms with van der Waals surface area (Å²) in [6, 6.07) is 7.76. The molecular formula is C24H32ClN5O2. The zero-order chi connectivity index (χ0) is 23.2. The molecule has 7 nitrogen and oxygen atoms in total. The second-order valence-corrected chi connectivity index (χ2v) is 10.4.